The molecule has 0 aliphatic rings. The molecule has 0 atom stereocenters. The largest absolute Gasteiger partial charge is 0.466 e. The van der Waals surface area contributed by atoms with Crippen LogP contribution in [0.25, 0.3) is 6.08 Å². The van der Waals surface area contributed by atoms with Crippen molar-refractivity contribution in [2.45, 2.75) is 18.7 Å². The van der Waals surface area contributed by atoms with Gasteiger partial charge in [-0.3, -0.25) is 20.4 Å². The molecular formula is C17H18N2O3S. The summed E-state index contributed by atoms with van der Waals surface area (Å²) in [7, 11) is 0. The topological polar surface area (TPSA) is 71.3 Å². The molecule has 1 aromatic heterocycles. The lowest BCUT2D eigenvalue weighted by Gasteiger charge is -2.04. The lowest BCUT2D eigenvalue weighted by atomic mass is 10.2. The molecule has 0 radical (unpaired) electrons. The van der Waals surface area contributed by atoms with Crippen molar-refractivity contribution in [2.75, 3.05) is 6.26 Å². The monoisotopic (exact) mass is 330 g/mol. The van der Waals surface area contributed by atoms with Crippen molar-refractivity contribution in [3.8, 4) is 0 Å². The second-order valence-electron chi connectivity index (χ2n) is 4.88. The van der Waals surface area contributed by atoms with E-state index >= 15 is 0 Å². The third kappa shape index (κ3) is 4.75. The molecule has 0 aliphatic carbocycles. The average molecular weight is 330 g/mol. The second-order valence-corrected chi connectivity index (χ2v) is 5.76. The Morgan fingerprint density at radius 3 is 2.39 bits per heavy atom. The SMILES string of the molecule is CSc1ccc(/C=C/C(=O)NNC(=O)c2cc(C)oc2C)cc1. The van der Waals surface area contributed by atoms with E-state index in [2.05, 4.69) is 10.9 Å². The smallest absolute Gasteiger partial charge is 0.273 e. The van der Waals surface area contributed by atoms with E-state index in [0.29, 0.717) is 17.1 Å². The molecule has 2 rings (SSSR count). The molecule has 120 valence electrons. The standard InChI is InChI=1S/C17H18N2O3S/c1-11-10-15(12(2)22-11)17(21)19-18-16(20)9-6-13-4-7-14(23-3)8-5-13/h4-10H,1-3H3,(H,18,20)(H,19,21)/b9-6+. The minimum Gasteiger partial charge on any atom is -0.466 e. The fourth-order valence-electron chi connectivity index (χ4n) is 1.97. The van der Waals surface area contributed by atoms with E-state index < -0.39 is 11.8 Å². The molecule has 0 spiro atoms. The fraction of sp³-hybridized carbons (Fsp3) is 0.176. The molecule has 6 heteroatoms. The minimum atomic E-state index is -0.412. The van der Waals surface area contributed by atoms with Crippen LogP contribution in [-0.4, -0.2) is 18.1 Å². The highest BCUT2D eigenvalue weighted by molar-refractivity contribution is 7.98. The van der Waals surface area contributed by atoms with Crippen molar-refractivity contribution >= 4 is 29.7 Å². The zero-order valence-electron chi connectivity index (χ0n) is 13.2. The normalized spacial score (nSPS) is 10.7. The van der Waals surface area contributed by atoms with E-state index in [-0.39, 0.29) is 0 Å². The van der Waals surface area contributed by atoms with E-state index in [9.17, 15) is 9.59 Å². The number of aryl methyl sites for hydroxylation is 2. The first-order chi connectivity index (χ1) is 11.0. The molecule has 0 saturated carbocycles. The van der Waals surface area contributed by atoms with Gasteiger partial charge in [-0.15, -0.1) is 11.8 Å². The van der Waals surface area contributed by atoms with Gasteiger partial charge in [0.2, 0.25) is 0 Å². The van der Waals surface area contributed by atoms with Gasteiger partial charge in [0.15, 0.2) is 0 Å². The molecule has 2 amide bonds. The summed E-state index contributed by atoms with van der Waals surface area (Å²) >= 11 is 1.66. The summed E-state index contributed by atoms with van der Waals surface area (Å²) in [5.74, 6) is 0.335. The molecular weight excluding hydrogens is 312 g/mol. The summed E-state index contributed by atoms with van der Waals surface area (Å²) in [5.41, 5.74) is 6.00. The van der Waals surface area contributed by atoms with E-state index in [4.69, 9.17) is 4.42 Å². The summed E-state index contributed by atoms with van der Waals surface area (Å²) in [6.07, 6.45) is 5.05. The van der Waals surface area contributed by atoms with Gasteiger partial charge in [0.1, 0.15) is 11.5 Å². The maximum absolute atomic E-state index is 11.9. The molecule has 2 N–H and O–H groups in total. The maximum atomic E-state index is 11.9. The Balaban J connectivity index is 1.88. The van der Waals surface area contributed by atoms with Crippen LogP contribution < -0.4 is 10.9 Å². The maximum Gasteiger partial charge on any atom is 0.273 e. The molecule has 1 aromatic carbocycles. The predicted molar refractivity (Wildman–Crippen MR) is 91.0 cm³/mol. The summed E-state index contributed by atoms with van der Waals surface area (Å²) in [5, 5.41) is 0. The van der Waals surface area contributed by atoms with Crippen molar-refractivity contribution in [1.29, 1.82) is 0 Å². The Labute approximate surface area is 139 Å². The Morgan fingerprint density at radius 1 is 1.13 bits per heavy atom. The molecule has 1 heterocycles. The van der Waals surface area contributed by atoms with Gasteiger partial charge in [-0.1, -0.05) is 12.1 Å². The Kier molecular flexibility index (Phi) is 5.65. The second kappa shape index (κ2) is 7.69. The lowest BCUT2D eigenvalue weighted by Crippen LogP contribution is -2.40. The average Bonchev–Trinajstić information content (AvgIpc) is 2.89. The van der Waals surface area contributed by atoms with Crippen molar-refractivity contribution < 1.29 is 14.0 Å². The number of rotatable bonds is 4. The zero-order chi connectivity index (χ0) is 16.8. The zero-order valence-corrected chi connectivity index (χ0v) is 14.0. The van der Waals surface area contributed by atoms with Crippen LogP contribution in [0.5, 0.6) is 0 Å². The van der Waals surface area contributed by atoms with Crippen molar-refractivity contribution in [3.05, 3.63) is 59.1 Å². The van der Waals surface area contributed by atoms with Gasteiger partial charge in [0.05, 0.1) is 5.56 Å². The summed E-state index contributed by atoms with van der Waals surface area (Å²) in [6, 6.07) is 9.43. The van der Waals surface area contributed by atoms with Gasteiger partial charge in [0, 0.05) is 11.0 Å². The van der Waals surface area contributed by atoms with Gasteiger partial charge in [-0.2, -0.15) is 0 Å². The number of furan rings is 1. The van der Waals surface area contributed by atoms with Crippen LogP contribution in [0.3, 0.4) is 0 Å². The van der Waals surface area contributed by atoms with Crippen LogP contribution in [0.4, 0.5) is 0 Å². The lowest BCUT2D eigenvalue weighted by molar-refractivity contribution is -0.117. The number of hydrogen-bond donors (Lipinski definition) is 2. The molecule has 5 nitrogen and oxygen atoms in total. The summed E-state index contributed by atoms with van der Waals surface area (Å²) in [6.45, 7) is 3.45. The number of benzene rings is 1. The molecule has 0 unspecified atom stereocenters. The summed E-state index contributed by atoms with van der Waals surface area (Å²) < 4.78 is 5.28. The van der Waals surface area contributed by atoms with Gasteiger partial charge in [-0.25, -0.2) is 0 Å². The van der Waals surface area contributed by atoms with E-state index in [1.165, 1.54) is 6.08 Å². The van der Waals surface area contributed by atoms with Gasteiger partial charge >= 0.3 is 0 Å². The number of carbonyl (C=O) groups excluding carboxylic acids is 2. The van der Waals surface area contributed by atoms with Crippen LogP contribution in [0.2, 0.25) is 0 Å². The first-order valence-corrected chi connectivity index (χ1v) is 8.21. The van der Waals surface area contributed by atoms with Crippen LogP contribution in [0, 0.1) is 13.8 Å². The quantitative estimate of drug-likeness (QED) is 0.513. The minimum absolute atomic E-state index is 0.402. The number of hydrogen-bond acceptors (Lipinski definition) is 4. The van der Waals surface area contributed by atoms with E-state index in [1.54, 1.807) is 37.8 Å². The van der Waals surface area contributed by atoms with Crippen LogP contribution in [0.1, 0.15) is 27.4 Å². The Morgan fingerprint density at radius 2 is 1.83 bits per heavy atom. The number of nitrogens with one attached hydrogen (secondary N) is 2. The third-order valence-corrected chi connectivity index (χ3v) is 3.87. The number of hydrazine groups is 1. The highest BCUT2D eigenvalue weighted by atomic mass is 32.2. The van der Waals surface area contributed by atoms with Crippen molar-refractivity contribution in [3.63, 3.8) is 0 Å². The molecule has 23 heavy (non-hydrogen) atoms. The predicted octanol–water partition coefficient (Wildman–Crippen LogP) is 3.09. The van der Waals surface area contributed by atoms with E-state index in [0.717, 1.165) is 10.5 Å². The first-order valence-electron chi connectivity index (χ1n) is 6.99. The van der Waals surface area contributed by atoms with Gasteiger partial charge in [-0.05, 0) is 49.9 Å². The van der Waals surface area contributed by atoms with E-state index in [1.807, 2.05) is 30.5 Å². The van der Waals surface area contributed by atoms with Crippen molar-refractivity contribution in [1.82, 2.24) is 10.9 Å². The molecule has 2 aromatic rings. The molecule has 0 aliphatic heterocycles. The van der Waals surface area contributed by atoms with Gasteiger partial charge in [0.25, 0.3) is 11.8 Å². The number of thioether (sulfide) groups is 1. The van der Waals surface area contributed by atoms with Gasteiger partial charge < -0.3 is 4.42 Å². The highest BCUT2D eigenvalue weighted by Crippen LogP contribution is 2.15. The van der Waals surface area contributed by atoms with Crippen molar-refractivity contribution in [2.24, 2.45) is 0 Å². The Bertz CT molecular complexity index is 733. The number of amides is 2. The number of carbonyl (C=O) groups is 2. The first kappa shape index (κ1) is 16.9. The van der Waals surface area contributed by atoms with Crippen LogP contribution in [-0.2, 0) is 4.79 Å². The van der Waals surface area contributed by atoms with Crippen LogP contribution >= 0.6 is 11.8 Å². The van der Waals surface area contributed by atoms with Crippen LogP contribution in [0.15, 0.2) is 45.7 Å². The highest BCUT2D eigenvalue weighted by Gasteiger charge is 2.13. The third-order valence-electron chi connectivity index (χ3n) is 3.13. The molecule has 0 fully saturated rings. The fourth-order valence-corrected chi connectivity index (χ4v) is 2.38. The molecule has 0 bridgehead atoms. The Hall–Kier alpha value is -2.47. The molecule has 0 saturated heterocycles. The summed E-state index contributed by atoms with van der Waals surface area (Å²) in [4.78, 5) is 24.8.